The number of carbonyl (C=O) groups excluding carboxylic acids is 1. The van der Waals surface area contributed by atoms with Crippen LogP contribution in [0, 0.1) is 0 Å². The van der Waals surface area contributed by atoms with Gasteiger partial charge in [0.15, 0.2) is 0 Å². The molecule has 1 unspecified atom stereocenters. The van der Waals surface area contributed by atoms with Crippen LogP contribution in [-0.4, -0.2) is 12.6 Å². The number of hydrogen-bond donors (Lipinski definition) is 1. The van der Waals surface area contributed by atoms with E-state index < -0.39 is 5.54 Å². The molecule has 94 valence electrons. The molecule has 0 aromatic heterocycles. The average molecular weight is 256 g/mol. The molecule has 1 aromatic carbocycles. The molecule has 1 aromatic rings. The molecule has 0 aliphatic heterocycles. The standard InChI is InChI=1S/C13H18ClNO2/c1-3-13(15,9-12(16)17-4-2)10-6-5-7-11(14)8-10/h5-8H,3-4,9,15H2,1-2H3. The van der Waals surface area contributed by atoms with Crippen molar-refractivity contribution in [3.63, 3.8) is 0 Å². The van der Waals surface area contributed by atoms with Crippen LogP contribution in [0.5, 0.6) is 0 Å². The summed E-state index contributed by atoms with van der Waals surface area (Å²) in [6, 6.07) is 7.30. The predicted molar refractivity (Wildman–Crippen MR) is 68.9 cm³/mol. The zero-order valence-electron chi connectivity index (χ0n) is 10.2. The van der Waals surface area contributed by atoms with Crippen molar-refractivity contribution in [3.8, 4) is 0 Å². The van der Waals surface area contributed by atoms with Crippen LogP contribution >= 0.6 is 11.6 Å². The zero-order chi connectivity index (χ0) is 12.9. The maximum absolute atomic E-state index is 11.5. The van der Waals surface area contributed by atoms with Gasteiger partial charge in [-0.2, -0.15) is 0 Å². The quantitative estimate of drug-likeness (QED) is 0.823. The topological polar surface area (TPSA) is 52.3 Å². The highest BCUT2D eigenvalue weighted by Crippen LogP contribution is 2.28. The Kier molecular flexibility index (Phi) is 4.97. The summed E-state index contributed by atoms with van der Waals surface area (Å²) in [5, 5.41) is 0.620. The summed E-state index contributed by atoms with van der Waals surface area (Å²) in [4.78, 5) is 11.5. The van der Waals surface area contributed by atoms with Crippen LogP contribution in [-0.2, 0) is 15.1 Å². The minimum Gasteiger partial charge on any atom is -0.466 e. The molecule has 0 radical (unpaired) electrons. The van der Waals surface area contributed by atoms with Gasteiger partial charge in [0.05, 0.1) is 18.6 Å². The Balaban J connectivity index is 2.91. The third kappa shape index (κ3) is 3.72. The lowest BCUT2D eigenvalue weighted by atomic mass is 9.85. The predicted octanol–water partition coefficient (Wildman–Crippen LogP) is 2.86. The van der Waals surface area contributed by atoms with Crippen molar-refractivity contribution in [3.05, 3.63) is 34.9 Å². The molecule has 3 nitrogen and oxygen atoms in total. The number of benzene rings is 1. The van der Waals surface area contributed by atoms with Gasteiger partial charge in [-0.3, -0.25) is 4.79 Å². The summed E-state index contributed by atoms with van der Waals surface area (Å²) in [7, 11) is 0. The van der Waals surface area contributed by atoms with Crippen molar-refractivity contribution in [2.75, 3.05) is 6.61 Å². The first kappa shape index (κ1) is 14.0. The van der Waals surface area contributed by atoms with Gasteiger partial charge in [-0.25, -0.2) is 0 Å². The molecule has 1 atom stereocenters. The summed E-state index contributed by atoms with van der Waals surface area (Å²) in [5.41, 5.74) is 6.41. The molecular weight excluding hydrogens is 238 g/mol. The van der Waals surface area contributed by atoms with E-state index in [-0.39, 0.29) is 12.4 Å². The summed E-state index contributed by atoms with van der Waals surface area (Å²) in [6.07, 6.45) is 0.809. The minimum absolute atomic E-state index is 0.164. The Bertz CT molecular complexity index is 395. The molecule has 0 saturated heterocycles. The lowest BCUT2D eigenvalue weighted by Crippen LogP contribution is -2.38. The van der Waals surface area contributed by atoms with Crippen LogP contribution in [0.4, 0.5) is 0 Å². The average Bonchev–Trinajstić information content (AvgIpc) is 2.29. The van der Waals surface area contributed by atoms with Gasteiger partial charge in [0.25, 0.3) is 0 Å². The lowest BCUT2D eigenvalue weighted by Gasteiger charge is -2.27. The van der Waals surface area contributed by atoms with Crippen molar-refractivity contribution in [1.82, 2.24) is 0 Å². The molecule has 4 heteroatoms. The van der Waals surface area contributed by atoms with Gasteiger partial charge in [-0.15, -0.1) is 0 Å². The smallest absolute Gasteiger partial charge is 0.307 e. The second kappa shape index (κ2) is 6.03. The Morgan fingerprint density at radius 1 is 1.47 bits per heavy atom. The Labute approximate surface area is 107 Å². The van der Waals surface area contributed by atoms with Crippen LogP contribution in [0.25, 0.3) is 0 Å². The first-order valence-electron chi connectivity index (χ1n) is 5.72. The molecule has 2 N–H and O–H groups in total. The van der Waals surface area contributed by atoms with E-state index in [1.165, 1.54) is 0 Å². The van der Waals surface area contributed by atoms with Crippen LogP contribution in [0.1, 0.15) is 32.3 Å². The molecule has 0 aliphatic carbocycles. The van der Waals surface area contributed by atoms with E-state index in [1.54, 1.807) is 19.1 Å². The largest absolute Gasteiger partial charge is 0.466 e. The highest BCUT2D eigenvalue weighted by Gasteiger charge is 2.29. The van der Waals surface area contributed by atoms with E-state index in [4.69, 9.17) is 22.1 Å². The summed E-state index contributed by atoms with van der Waals surface area (Å²) in [5.74, 6) is -0.281. The number of nitrogens with two attached hydrogens (primary N) is 1. The van der Waals surface area contributed by atoms with Crippen molar-refractivity contribution >= 4 is 17.6 Å². The van der Waals surface area contributed by atoms with E-state index in [0.717, 1.165) is 5.56 Å². The molecule has 0 bridgehead atoms. The maximum atomic E-state index is 11.5. The molecule has 1 rings (SSSR count). The molecule has 17 heavy (non-hydrogen) atoms. The molecule has 0 heterocycles. The fourth-order valence-electron chi connectivity index (χ4n) is 1.70. The van der Waals surface area contributed by atoms with E-state index in [9.17, 15) is 4.79 Å². The SMILES string of the molecule is CCOC(=O)CC(N)(CC)c1cccc(Cl)c1. The molecule has 0 spiro atoms. The lowest BCUT2D eigenvalue weighted by molar-refractivity contribution is -0.144. The number of hydrogen-bond acceptors (Lipinski definition) is 3. The third-order valence-corrected chi connectivity index (χ3v) is 3.03. The van der Waals surface area contributed by atoms with E-state index in [2.05, 4.69) is 0 Å². The third-order valence-electron chi connectivity index (χ3n) is 2.80. The number of ether oxygens (including phenoxy) is 1. The number of carbonyl (C=O) groups is 1. The Morgan fingerprint density at radius 2 is 2.18 bits per heavy atom. The van der Waals surface area contributed by atoms with Gasteiger partial charge >= 0.3 is 5.97 Å². The van der Waals surface area contributed by atoms with Gasteiger partial charge in [0.1, 0.15) is 0 Å². The maximum Gasteiger partial charge on any atom is 0.307 e. The van der Waals surface area contributed by atoms with E-state index in [0.29, 0.717) is 18.1 Å². The van der Waals surface area contributed by atoms with Crippen molar-refractivity contribution in [2.24, 2.45) is 5.73 Å². The van der Waals surface area contributed by atoms with Crippen LogP contribution < -0.4 is 5.73 Å². The van der Waals surface area contributed by atoms with Gasteiger partial charge in [0, 0.05) is 5.02 Å². The van der Waals surface area contributed by atoms with Crippen LogP contribution in [0.2, 0.25) is 5.02 Å². The van der Waals surface area contributed by atoms with E-state index >= 15 is 0 Å². The van der Waals surface area contributed by atoms with Crippen LogP contribution in [0.15, 0.2) is 24.3 Å². The van der Waals surface area contributed by atoms with E-state index in [1.807, 2.05) is 19.1 Å². The normalized spacial score (nSPS) is 14.1. The van der Waals surface area contributed by atoms with Gasteiger partial charge in [0.2, 0.25) is 0 Å². The van der Waals surface area contributed by atoms with Crippen molar-refractivity contribution in [2.45, 2.75) is 32.2 Å². The first-order chi connectivity index (χ1) is 8.01. The monoisotopic (exact) mass is 255 g/mol. The van der Waals surface area contributed by atoms with Crippen LogP contribution in [0.3, 0.4) is 0 Å². The van der Waals surface area contributed by atoms with Crippen molar-refractivity contribution in [1.29, 1.82) is 0 Å². The second-order valence-corrected chi connectivity index (χ2v) is 4.44. The number of halogens is 1. The summed E-state index contributed by atoms with van der Waals surface area (Å²) in [6.45, 7) is 4.09. The Hall–Kier alpha value is -1.06. The van der Waals surface area contributed by atoms with Gasteiger partial charge in [-0.1, -0.05) is 30.7 Å². The van der Waals surface area contributed by atoms with Crippen molar-refractivity contribution < 1.29 is 9.53 Å². The van der Waals surface area contributed by atoms with Gasteiger partial charge < -0.3 is 10.5 Å². The molecule has 0 aliphatic rings. The molecular formula is C13H18ClNO2. The molecule has 0 amide bonds. The summed E-state index contributed by atoms with van der Waals surface area (Å²) >= 11 is 5.93. The zero-order valence-corrected chi connectivity index (χ0v) is 11.0. The number of rotatable bonds is 5. The van der Waals surface area contributed by atoms with Gasteiger partial charge in [-0.05, 0) is 31.0 Å². The summed E-state index contributed by atoms with van der Waals surface area (Å²) < 4.78 is 4.94. The fraction of sp³-hybridized carbons (Fsp3) is 0.462. The second-order valence-electron chi connectivity index (χ2n) is 4.00. The molecule has 0 fully saturated rings. The Morgan fingerprint density at radius 3 is 2.71 bits per heavy atom. The molecule has 0 saturated carbocycles. The fourth-order valence-corrected chi connectivity index (χ4v) is 1.89. The minimum atomic E-state index is -0.711. The highest BCUT2D eigenvalue weighted by molar-refractivity contribution is 6.30. The highest BCUT2D eigenvalue weighted by atomic mass is 35.5. The first-order valence-corrected chi connectivity index (χ1v) is 6.10. The number of esters is 1.